The molecule has 2 N–H and O–H groups in total. The number of hydrogen-bond acceptors (Lipinski definition) is 4. The SMILES string of the molecule is CN1CC(CN2CC(=O)NC(=O)C2)C=C2c3cccc4[nH]cc(c34)C[C@H]21. The van der Waals surface area contributed by atoms with Gasteiger partial charge < -0.3 is 4.98 Å². The third-order valence-corrected chi connectivity index (χ3v) is 5.85. The number of H-pyrrole nitrogens is 1. The zero-order valence-corrected chi connectivity index (χ0v) is 14.8. The van der Waals surface area contributed by atoms with Crippen LogP contribution in [-0.2, 0) is 16.0 Å². The third-order valence-electron chi connectivity index (χ3n) is 5.85. The van der Waals surface area contributed by atoms with Gasteiger partial charge in [0.1, 0.15) is 0 Å². The molecule has 2 aromatic rings. The highest BCUT2D eigenvalue weighted by molar-refractivity contribution is 5.99. The normalized spacial score (nSPS) is 26.6. The van der Waals surface area contributed by atoms with E-state index in [9.17, 15) is 9.59 Å². The number of amides is 2. The smallest absolute Gasteiger partial charge is 0.240 e. The van der Waals surface area contributed by atoms with Crippen molar-refractivity contribution < 1.29 is 9.59 Å². The molecule has 0 saturated carbocycles. The molecule has 6 heteroatoms. The molecule has 2 aliphatic heterocycles. The molecule has 5 rings (SSSR count). The fourth-order valence-corrected chi connectivity index (χ4v) is 4.82. The maximum Gasteiger partial charge on any atom is 0.240 e. The zero-order chi connectivity index (χ0) is 17.8. The van der Waals surface area contributed by atoms with E-state index in [1.807, 2.05) is 4.90 Å². The van der Waals surface area contributed by atoms with Crippen LogP contribution >= 0.6 is 0 Å². The van der Waals surface area contributed by atoms with Crippen molar-refractivity contribution in [2.75, 3.05) is 33.2 Å². The summed E-state index contributed by atoms with van der Waals surface area (Å²) in [6.45, 7) is 2.28. The Kier molecular flexibility index (Phi) is 3.52. The standard InChI is InChI=1S/C20H22N4O2/c1-23-8-12(9-24-10-18(25)22-19(26)11-24)5-15-14-3-2-4-16-20(14)13(7-21-16)6-17(15)23/h2-5,7,12,17,21H,6,8-11H2,1H3,(H,22,25,26)/t12?,17-/m1/s1. The molecule has 3 heterocycles. The van der Waals surface area contributed by atoms with Gasteiger partial charge in [-0.1, -0.05) is 18.2 Å². The van der Waals surface area contributed by atoms with Crippen LogP contribution in [0.1, 0.15) is 11.1 Å². The number of nitrogens with one attached hydrogen (secondary N) is 2. The summed E-state index contributed by atoms with van der Waals surface area (Å²) < 4.78 is 0. The Hall–Kier alpha value is -2.44. The lowest BCUT2D eigenvalue weighted by molar-refractivity contribution is -0.136. The number of piperazine rings is 1. The van der Waals surface area contributed by atoms with Crippen molar-refractivity contribution in [3.8, 4) is 0 Å². The molecule has 1 unspecified atom stereocenters. The van der Waals surface area contributed by atoms with E-state index in [-0.39, 0.29) is 11.8 Å². The van der Waals surface area contributed by atoms with Gasteiger partial charge in [0.15, 0.2) is 0 Å². The second kappa shape index (κ2) is 5.79. The number of fused-ring (bicyclic) bond motifs is 2. The van der Waals surface area contributed by atoms with Crippen LogP contribution in [0.3, 0.4) is 0 Å². The predicted molar refractivity (Wildman–Crippen MR) is 99.5 cm³/mol. The van der Waals surface area contributed by atoms with Crippen LogP contribution in [0.4, 0.5) is 0 Å². The van der Waals surface area contributed by atoms with Gasteiger partial charge >= 0.3 is 0 Å². The summed E-state index contributed by atoms with van der Waals surface area (Å²) in [5.41, 5.74) is 5.29. The molecule has 134 valence electrons. The number of carbonyl (C=O) groups excluding carboxylic acids is 2. The number of likely N-dealkylation sites (N-methyl/N-ethyl adjacent to an activating group) is 1. The van der Waals surface area contributed by atoms with Gasteiger partial charge in [0.2, 0.25) is 11.8 Å². The summed E-state index contributed by atoms with van der Waals surface area (Å²) in [7, 11) is 2.18. The molecule has 3 aliphatic rings. The Bertz CT molecular complexity index is 928. The first-order chi connectivity index (χ1) is 12.6. The number of nitrogens with zero attached hydrogens (tertiary/aromatic N) is 2. The summed E-state index contributed by atoms with van der Waals surface area (Å²) in [5.74, 6) is -0.0913. The van der Waals surface area contributed by atoms with Gasteiger partial charge in [-0.15, -0.1) is 0 Å². The minimum atomic E-state index is -0.199. The van der Waals surface area contributed by atoms with Crippen molar-refractivity contribution in [3.05, 3.63) is 41.6 Å². The second-order valence-electron chi connectivity index (χ2n) is 7.72. The molecule has 2 atom stereocenters. The maximum atomic E-state index is 11.6. The van der Waals surface area contributed by atoms with Gasteiger partial charge in [0.25, 0.3) is 0 Å². The highest BCUT2D eigenvalue weighted by atomic mass is 16.2. The van der Waals surface area contributed by atoms with Crippen LogP contribution in [0.2, 0.25) is 0 Å². The quantitative estimate of drug-likeness (QED) is 0.793. The van der Waals surface area contributed by atoms with Gasteiger partial charge in [0.05, 0.1) is 13.1 Å². The molecule has 6 nitrogen and oxygen atoms in total. The van der Waals surface area contributed by atoms with Crippen molar-refractivity contribution in [2.45, 2.75) is 12.5 Å². The maximum absolute atomic E-state index is 11.6. The van der Waals surface area contributed by atoms with E-state index in [4.69, 9.17) is 0 Å². The van der Waals surface area contributed by atoms with Crippen LogP contribution < -0.4 is 5.32 Å². The van der Waals surface area contributed by atoms with E-state index in [1.165, 1.54) is 27.6 Å². The lowest BCUT2D eigenvalue weighted by atomic mass is 9.80. The summed E-state index contributed by atoms with van der Waals surface area (Å²) in [4.78, 5) is 31.1. The van der Waals surface area contributed by atoms with Gasteiger partial charge in [-0.2, -0.15) is 0 Å². The molecular weight excluding hydrogens is 328 g/mol. The molecule has 2 amide bonds. The van der Waals surface area contributed by atoms with Crippen molar-refractivity contribution in [1.82, 2.24) is 20.1 Å². The minimum absolute atomic E-state index is 0.199. The number of imide groups is 1. The Morgan fingerprint density at radius 3 is 2.81 bits per heavy atom. The number of aromatic amines is 1. The van der Waals surface area contributed by atoms with Crippen molar-refractivity contribution in [3.63, 3.8) is 0 Å². The molecule has 1 fully saturated rings. The summed E-state index contributed by atoms with van der Waals surface area (Å²) >= 11 is 0. The van der Waals surface area contributed by atoms with Gasteiger partial charge in [-0.25, -0.2) is 0 Å². The number of aromatic nitrogens is 1. The molecule has 1 aromatic heterocycles. The zero-order valence-electron chi connectivity index (χ0n) is 14.8. The number of benzene rings is 1. The monoisotopic (exact) mass is 350 g/mol. The fourth-order valence-electron chi connectivity index (χ4n) is 4.82. The highest BCUT2D eigenvalue weighted by Gasteiger charge is 2.34. The van der Waals surface area contributed by atoms with E-state index < -0.39 is 0 Å². The topological polar surface area (TPSA) is 68.4 Å². The average molecular weight is 350 g/mol. The van der Waals surface area contributed by atoms with Gasteiger partial charge in [0, 0.05) is 42.1 Å². The molecule has 1 aliphatic carbocycles. The first-order valence-electron chi connectivity index (χ1n) is 9.15. The molecule has 1 saturated heterocycles. The first-order valence-corrected chi connectivity index (χ1v) is 9.15. The highest BCUT2D eigenvalue weighted by Crippen LogP contribution is 2.40. The average Bonchev–Trinajstić information content (AvgIpc) is 3.00. The summed E-state index contributed by atoms with van der Waals surface area (Å²) in [6.07, 6.45) is 5.55. The van der Waals surface area contributed by atoms with E-state index in [2.05, 4.69) is 52.7 Å². The molecule has 0 bridgehead atoms. The van der Waals surface area contributed by atoms with Gasteiger partial charge in [-0.05, 0) is 36.2 Å². The predicted octanol–water partition coefficient (Wildman–Crippen LogP) is 0.996. The molecular formula is C20H22N4O2. The van der Waals surface area contributed by atoms with Crippen LogP contribution in [0.5, 0.6) is 0 Å². The minimum Gasteiger partial charge on any atom is -0.361 e. The van der Waals surface area contributed by atoms with Crippen LogP contribution in [-0.4, -0.2) is 65.9 Å². The summed E-state index contributed by atoms with van der Waals surface area (Å²) in [5, 5.41) is 3.72. The largest absolute Gasteiger partial charge is 0.361 e. The number of carbonyl (C=O) groups is 2. The van der Waals surface area contributed by atoms with Crippen LogP contribution in [0.25, 0.3) is 16.5 Å². The molecule has 0 radical (unpaired) electrons. The first kappa shape index (κ1) is 15.8. The fraction of sp³-hybridized carbons (Fsp3) is 0.400. The summed E-state index contributed by atoms with van der Waals surface area (Å²) in [6, 6.07) is 6.85. The van der Waals surface area contributed by atoms with Crippen molar-refractivity contribution >= 4 is 28.3 Å². The number of hydrogen-bond donors (Lipinski definition) is 2. The van der Waals surface area contributed by atoms with Crippen LogP contribution in [0, 0.1) is 5.92 Å². The number of rotatable bonds is 2. The van der Waals surface area contributed by atoms with Gasteiger partial charge in [-0.3, -0.25) is 24.7 Å². The van der Waals surface area contributed by atoms with E-state index in [0.29, 0.717) is 25.0 Å². The van der Waals surface area contributed by atoms with E-state index in [1.54, 1.807) is 0 Å². The van der Waals surface area contributed by atoms with E-state index in [0.717, 1.165) is 19.5 Å². The Morgan fingerprint density at radius 1 is 1.19 bits per heavy atom. The third kappa shape index (κ3) is 2.48. The lowest BCUT2D eigenvalue weighted by Crippen LogP contribution is -2.53. The van der Waals surface area contributed by atoms with Crippen molar-refractivity contribution in [2.24, 2.45) is 5.92 Å². The lowest BCUT2D eigenvalue weighted by Gasteiger charge is -2.41. The Morgan fingerprint density at radius 2 is 2.00 bits per heavy atom. The van der Waals surface area contributed by atoms with Crippen molar-refractivity contribution in [1.29, 1.82) is 0 Å². The molecule has 26 heavy (non-hydrogen) atoms. The molecule has 1 aromatic carbocycles. The Labute approximate surface area is 151 Å². The molecule has 0 spiro atoms. The second-order valence-corrected chi connectivity index (χ2v) is 7.72. The van der Waals surface area contributed by atoms with Crippen LogP contribution in [0.15, 0.2) is 30.5 Å². The Balaban J connectivity index is 1.48. The van der Waals surface area contributed by atoms with E-state index >= 15 is 0 Å².